The predicted octanol–water partition coefficient (Wildman–Crippen LogP) is 7.66. The second kappa shape index (κ2) is 20.5. The summed E-state index contributed by atoms with van der Waals surface area (Å²) in [5, 5.41) is 1.90. The van der Waals surface area contributed by atoms with Gasteiger partial charge >= 0.3 is 12.2 Å². The number of piperazine rings is 2. The number of hydrogen-bond donors (Lipinski definition) is 0. The number of benzene rings is 2. The van der Waals surface area contributed by atoms with Gasteiger partial charge in [0, 0.05) is 38.3 Å². The van der Waals surface area contributed by atoms with E-state index in [1.807, 2.05) is 31.7 Å². The summed E-state index contributed by atoms with van der Waals surface area (Å²) in [5.41, 5.74) is 1.71. The van der Waals surface area contributed by atoms with Crippen LogP contribution in [0.2, 0.25) is 20.1 Å². The summed E-state index contributed by atoms with van der Waals surface area (Å²) >= 11 is 24.4. The topological polar surface area (TPSA) is 106 Å². The molecule has 60 heavy (non-hydrogen) atoms. The average molecular weight is 909 g/mol. The largest absolute Gasteiger partial charge is 0.453 e. The second-order valence-corrected chi connectivity index (χ2v) is 18.6. The molecule has 328 valence electrons. The Morgan fingerprint density at radius 1 is 0.483 bits per heavy atom. The number of ether oxygens (including phenoxy) is 2. The van der Waals surface area contributed by atoms with Gasteiger partial charge in [0.2, 0.25) is 11.8 Å². The molecule has 2 aromatic carbocycles. The Balaban J connectivity index is 0.000000181. The summed E-state index contributed by atoms with van der Waals surface area (Å²) in [4.78, 5) is 64.5. The minimum atomic E-state index is -0.288. The van der Waals surface area contributed by atoms with Crippen LogP contribution < -0.4 is 0 Å². The van der Waals surface area contributed by atoms with Crippen LogP contribution in [0.5, 0.6) is 0 Å². The van der Waals surface area contributed by atoms with Gasteiger partial charge in [-0.2, -0.15) is 0 Å². The lowest BCUT2D eigenvalue weighted by Gasteiger charge is -2.54. The van der Waals surface area contributed by atoms with Crippen LogP contribution in [0.3, 0.4) is 0 Å². The van der Waals surface area contributed by atoms with Crippen LogP contribution >= 0.6 is 46.4 Å². The fraction of sp³-hybridized carbons (Fsp3) is 0.636. The van der Waals surface area contributed by atoms with Crippen LogP contribution in [-0.4, -0.2) is 156 Å². The van der Waals surface area contributed by atoms with Crippen molar-refractivity contribution in [2.45, 2.75) is 113 Å². The number of nitrogens with zero attached hydrogens (tertiary/aromatic N) is 6. The van der Waals surface area contributed by atoms with Crippen molar-refractivity contribution < 1.29 is 28.7 Å². The second-order valence-electron chi connectivity index (χ2n) is 17.0. The summed E-state index contributed by atoms with van der Waals surface area (Å²) in [7, 11) is 2.86. The molecule has 0 aromatic heterocycles. The van der Waals surface area contributed by atoms with E-state index in [9.17, 15) is 19.2 Å². The molecule has 2 saturated carbocycles. The van der Waals surface area contributed by atoms with E-state index in [1.165, 1.54) is 39.9 Å². The first-order valence-corrected chi connectivity index (χ1v) is 23.1. The molecule has 0 bridgehead atoms. The smallest absolute Gasteiger partial charge is 0.409 e. The van der Waals surface area contributed by atoms with E-state index in [1.54, 1.807) is 24.3 Å². The maximum atomic E-state index is 13.4. The van der Waals surface area contributed by atoms with Gasteiger partial charge in [-0.1, -0.05) is 58.5 Å². The van der Waals surface area contributed by atoms with Gasteiger partial charge in [0.15, 0.2) is 0 Å². The van der Waals surface area contributed by atoms with Gasteiger partial charge < -0.3 is 29.1 Å². The molecule has 6 fully saturated rings. The summed E-state index contributed by atoms with van der Waals surface area (Å²) in [6.45, 7) is 6.35. The molecule has 2 aliphatic carbocycles. The number of amides is 4. The number of methoxy groups -OCH3 is 2. The number of carbonyl (C=O) groups is 4. The molecule has 12 nitrogen and oxygen atoms in total. The number of fused-ring (bicyclic) bond motifs is 2. The Morgan fingerprint density at radius 3 is 1.18 bits per heavy atom. The zero-order valence-corrected chi connectivity index (χ0v) is 37.7. The maximum absolute atomic E-state index is 13.4. The van der Waals surface area contributed by atoms with E-state index >= 15 is 0 Å². The fourth-order valence-electron chi connectivity index (χ4n) is 10.9. The van der Waals surface area contributed by atoms with Gasteiger partial charge in [0.25, 0.3) is 0 Å². The number of halogens is 4. The molecule has 6 aliphatic rings. The minimum Gasteiger partial charge on any atom is -0.453 e. The molecule has 2 aromatic rings. The lowest BCUT2D eigenvalue weighted by molar-refractivity contribution is -0.142. The van der Waals surface area contributed by atoms with Crippen molar-refractivity contribution in [1.82, 2.24) is 29.4 Å². The maximum Gasteiger partial charge on any atom is 0.409 e. The Labute approximate surface area is 374 Å². The zero-order valence-electron chi connectivity index (χ0n) is 34.7. The molecule has 0 N–H and O–H groups in total. The van der Waals surface area contributed by atoms with E-state index in [2.05, 4.69) is 9.80 Å². The van der Waals surface area contributed by atoms with E-state index in [0.717, 1.165) is 75.8 Å². The van der Waals surface area contributed by atoms with E-state index in [4.69, 9.17) is 55.9 Å². The third kappa shape index (κ3) is 9.94. The van der Waals surface area contributed by atoms with Crippen molar-refractivity contribution in [1.29, 1.82) is 0 Å². The molecule has 4 saturated heterocycles. The summed E-state index contributed by atoms with van der Waals surface area (Å²) in [6.07, 6.45) is 10.8. The molecule has 4 aliphatic heterocycles. The highest BCUT2D eigenvalue weighted by Crippen LogP contribution is 2.37. The van der Waals surface area contributed by atoms with Gasteiger partial charge in [0.05, 0.1) is 71.3 Å². The first-order valence-electron chi connectivity index (χ1n) is 21.6. The zero-order chi connectivity index (χ0) is 42.5. The SMILES string of the molecule is COC(=O)N1CCN(C(=O)Cc2ccc(Cl)c(Cl)c2)[C@@H]2[C@H](N3CCCC3)CCC[C@H]21.COC(=O)N1CCN(C(=O)Cc2ccc(Cl)c(Cl)c2)[C@H]2[C@@H](N3CCCC3)CCC[C@@H]21. The standard InChI is InChI=1S/2C22H29Cl2N3O3/c2*1-30-22(29)26-11-12-27(20(28)14-15-7-8-16(23)17(24)13-15)21-18(5-4-6-19(21)26)25-9-2-3-10-25/h2*7-8,13,18-19,21H,2-6,9-12,14H2,1H3/t2*18-,19-,21-/m10/s1. The fourth-order valence-corrected chi connectivity index (χ4v) is 11.5. The molecule has 8 rings (SSSR count). The third-order valence-electron chi connectivity index (χ3n) is 13.6. The Kier molecular flexibility index (Phi) is 15.4. The number of hydrogen-bond acceptors (Lipinski definition) is 8. The minimum absolute atomic E-state index is 0.0000258. The summed E-state index contributed by atoms with van der Waals surface area (Å²) in [6, 6.07) is 11.3. The average Bonchev–Trinajstić information content (AvgIpc) is 4.01. The van der Waals surface area contributed by atoms with Gasteiger partial charge in [0.1, 0.15) is 0 Å². The van der Waals surface area contributed by atoms with Crippen molar-refractivity contribution in [3.05, 3.63) is 67.6 Å². The number of carbonyl (C=O) groups excluding carboxylic acids is 4. The van der Waals surface area contributed by atoms with Crippen LogP contribution in [-0.2, 0) is 31.9 Å². The van der Waals surface area contributed by atoms with Gasteiger partial charge in [-0.25, -0.2) is 9.59 Å². The Bertz CT molecular complexity index is 1730. The van der Waals surface area contributed by atoms with Crippen molar-refractivity contribution >= 4 is 70.4 Å². The van der Waals surface area contributed by atoms with Crippen molar-refractivity contribution in [2.24, 2.45) is 0 Å². The molecule has 0 spiro atoms. The molecule has 16 heteroatoms. The van der Waals surface area contributed by atoms with Crippen LogP contribution in [0.4, 0.5) is 9.59 Å². The molecule has 4 heterocycles. The first-order chi connectivity index (χ1) is 29.0. The van der Waals surface area contributed by atoms with E-state index in [-0.39, 0.29) is 73.1 Å². The summed E-state index contributed by atoms with van der Waals surface area (Å²) in [5.74, 6) is 0.165. The molecule has 6 atom stereocenters. The van der Waals surface area contributed by atoms with Crippen molar-refractivity contribution in [3.8, 4) is 0 Å². The highest BCUT2D eigenvalue weighted by atomic mass is 35.5. The van der Waals surface area contributed by atoms with Gasteiger partial charge in [-0.05, 0) is 126 Å². The number of likely N-dealkylation sites (tertiary alicyclic amines) is 2. The predicted molar refractivity (Wildman–Crippen MR) is 234 cm³/mol. The lowest BCUT2D eigenvalue weighted by Crippen LogP contribution is -2.69. The molecular weight excluding hydrogens is 850 g/mol. The van der Waals surface area contributed by atoms with Crippen LogP contribution in [0, 0.1) is 0 Å². The quantitative estimate of drug-likeness (QED) is 0.291. The monoisotopic (exact) mass is 906 g/mol. The molecule has 4 amide bonds. The molecular formula is C44H58Cl4N6O6. The Hall–Kier alpha value is -3.00. The van der Waals surface area contributed by atoms with Crippen LogP contribution in [0.15, 0.2) is 36.4 Å². The van der Waals surface area contributed by atoms with Crippen LogP contribution in [0.1, 0.15) is 75.3 Å². The van der Waals surface area contributed by atoms with E-state index < -0.39 is 0 Å². The summed E-state index contributed by atoms with van der Waals surface area (Å²) < 4.78 is 10.1. The van der Waals surface area contributed by atoms with Gasteiger partial charge in [-0.15, -0.1) is 0 Å². The lowest BCUT2D eigenvalue weighted by atomic mass is 9.81. The first kappa shape index (κ1) is 45.0. The molecule has 0 unspecified atom stereocenters. The van der Waals surface area contributed by atoms with Crippen molar-refractivity contribution in [2.75, 3.05) is 66.6 Å². The Morgan fingerprint density at radius 2 is 0.833 bits per heavy atom. The van der Waals surface area contributed by atoms with Crippen LogP contribution in [0.25, 0.3) is 0 Å². The van der Waals surface area contributed by atoms with Gasteiger partial charge in [-0.3, -0.25) is 19.4 Å². The highest BCUT2D eigenvalue weighted by Gasteiger charge is 2.50. The van der Waals surface area contributed by atoms with E-state index in [0.29, 0.717) is 46.3 Å². The van der Waals surface area contributed by atoms with Crippen molar-refractivity contribution in [3.63, 3.8) is 0 Å². The normalized spacial score (nSPS) is 27.1. The third-order valence-corrected chi connectivity index (χ3v) is 15.1. The molecule has 0 radical (unpaired) electrons. The number of rotatable bonds is 6. The highest BCUT2D eigenvalue weighted by molar-refractivity contribution is 6.42.